The molecule has 224 valence electrons. The van der Waals surface area contributed by atoms with Crippen molar-refractivity contribution in [3.05, 3.63) is 130 Å². The zero-order valence-corrected chi connectivity index (χ0v) is 26.9. The van der Waals surface area contributed by atoms with E-state index in [1.165, 1.54) is 29.2 Å². The van der Waals surface area contributed by atoms with Gasteiger partial charge in [-0.2, -0.15) is 0 Å². The first-order valence-corrected chi connectivity index (χ1v) is 16.5. The number of amides is 2. The molecule has 4 aromatic carbocycles. The number of benzene rings is 4. The minimum atomic E-state index is -4.18. The predicted octanol–water partition coefficient (Wildman–Crippen LogP) is 6.46. The average molecular weight is 683 g/mol. The van der Waals surface area contributed by atoms with Crippen molar-refractivity contribution in [3.63, 3.8) is 0 Å². The van der Waals surface area contributed by atoms with Crippen molar-refractivity contribution < 1.29 is 18.0 Å². The van der Waals surface area contributed by atoms with E-state index in [0.29, 0.717) is 17.3 Å². The van der Waals surface area contributed by atoms with Gasteiger partial charge in [0.05, 0.1) is 10.6 Å². The maximum absolute atomic E-state index is 14.4. The smallest absolute Gasteiger partial charge is 0.264 e. The van der Waals surface area contributed by atoms with Gasteiger partial charge >= 0.3 is 0 Å². The van der Waals surface area contributed by atoms with E-state index in [1.807, 2.05) is 61.5 Å². The van der Waals surface area contributed by atoms with Gasteiger partial charge in [0.1, 0.15) is 12.6 Å². The molecule has 4 rings (SSSR count). The van der Waals surface area contributed by atoms with E-state index in [1.54, 1.807) is 30.3 Å². The number of halogens is 2. The number of anilines is 1. The van der Waals surface area contributed by atoms with Crippen molar-refractivity contribution in [2.45, 2.75) is 37.2 Å². The van der Waals surface area contributed by atoms with Crippen molar-refractivity contribution in [1.82, 2.24) is 10.2 Å². The Kier molecular flexibility index (Phi) is 11.4. The lowest BCUT2D eigenvalue weighted by Gasteiger charge is -2.34. The van der Waals surface area contributed by atoms with Crippen LogP contribution in [0.25, 0.3) is 0 Å². The van der Waals surface area contributed by atoms with Crippen LogP contribution in [0.4, 0.5) is 5.69 Å². The summed E-state index contributed by atoms with van der Waals surface area (Å²) in [5.41, 5.74) is 1.99. The first-order chi connectivity index (χ1) is 20.7. The summed E-state index contributed by atoms with van der Waals surface area (Å²) in [7, 11) is -4.18. The number of nitrogens with one attached hydrogen (secondary N) is 1. The average Bonchev–Trinajstić information content (AvgIpc) is 3.01. The highest BCUT2D eigenvalue weighted by Crippen LogP contribution is 2.26. The molecule has 0 bridgehead atoms. The van der Waals surface area contributed by atoms with Crippen LogP contribution in [0.5, 0.6) is 0 Å². The van der Waals surface area contributed by atoms with Gasteiger partial charge in [0.2, 0.25) is 11.8 Å². The van der Waals surface area contributed by atoms with E-state index in [-0.39, 0.29) is 23.8 Å². The van der Waals surface area contributed by atoms with Crippen LogP contribution in [-0.2, 0) is 32.6 Å². The SMILES string of the molecule is CCCNC(=O)[C@H](Cc1ccccc1)N(Cc1cccc(Br)c1)C(=O)CN(c1ccccc1)S(=O)(=O)c1ccc(Cl)cc1. The van der Waals surface area contributed by atoms with Gasteiger partial charge in [-0.05, 0) is 66.1 Å². The zero-order valence-electron chi connectivity index (χ0n) is 23.7. The van der Waals surface area contributed by atoms with Gasteiger partial charge in [-0.25, -0.2) is 8.42 Å². The van der Waals surface area contributed by atoms with Gasteiger partial charge in [0.25, 0.3) is 10.0 Å². The van der Waals surface area contributed by atoms with Crippen molar-refractivity contribution in [2.75, 3.05) is 17.4 Å². The number of carbonyl (C=O) groups excluding carboxylic acids is 2. The van der Waals surface area contributed by atoms with Crippen LogP contribution in [0.1, 0.15) is 24.5 Å². The van der Waals surface area contributed by atoms with E-state index in [0.717, 1.165) is 26.3 Å². The van der Waals surface area contributed by atoms with Crippen LogP contribution < -0.4 is 9.62 Å². The minimum Gasteiger partial charge on any atom is -0.354 e. The molecule has 2 amide bonds. The third-order valence-electron chi connectivity index (χ3n) is 6.79. The fourth-order valence-corrected chi connectivity index (χ4v) is 6.60. The maximum Gasteiger partial charge on any atom is 0.264 e. The standard InChI is InChI=1S/C33H33BrClN3O4S/c1-2-20-36-33(40)31(22-25-10-5-3-6-11-25)37(23-26-12-9-13-27(34)21-26)32(39)24-38(29-14-7-4-8-15-29)43(41,42)30-18-16-28(35)17-19-30/h3-19,21,31H,2,20,22-24H2,1H3,(H,36,40)/t31-/m0/s1. The first-order valence-electron chi connectivity index (χ1n) is 13.9. The van der Waals surface area contributed by atoms with Gasteiger partial charge < -0.3 is 10.2 Å². The summed E-state index contributed by atoms with van der Waals surface area (Å²) in [4.78, 5) is 29.5. The number of rotatable bonds is 13. The Balaban J connectivity index is 1.78. The molecule has 43 heavy (non-hydrogen) atoms. The van der Waals surface area contributed by atoms with Gasteiger partial charge in [0.15, 0.2) is 0 Å². The Hall–Kier alpha value is -3.66. The number of hydrogen-bond donors (Lipinski definition) is 1. The second-order valence-corrected chi connectivity index (χ2v) is 13.2. The lowest BCUT2D eigenvalue weighted by atomic mass is 10.0. The summed E-state index contributed by atoms with van der Waals surface area (Å²) < 4.78 is 29.8. The fourth-order valence-electron chi connectivity index (χ4n) is 4.61. The molecular formula is C33H33BrClN3O4S. The number of sulfonamides is 1. The van der Waals surface area contributed by atoms with Gasteiger partial charge in [-0.1, -0.05) is 95.1 Å². The molecule has 0 saturated carbocycles. The number of nitrogens with zero attached hydrogens (tertiary/aromatic N) is 2. The molecule has 0 spiro atoms. The molecule has 0 aliphatic rings. The van der Waals surface area contributed by atoms with Crippen LogP contribution in [0.15, 0.2) is 119 Å². The van der Waals surface area contributed by atoms with E-state index in [9.17, 15) is 18.0 Å². The summed E-state index contributed by atoms with van der Waals surface area (Å²) in [6.07, 6.45) is 0.982. The zero-order chi connectivity index (χ0) is 30.8. The van der Waals surface area contributed by atoms with Crippen molar-refractivity contribution >= 4 is 55.1 Å². The highest BCUT2D eigenvalue weighted by Gasteiger charge is 2.34. The Bertz CT molecular complexity index is 1620. The maximum atomic E-state index is 14.4. The Morgan fingerprint density at radius 1 is 0.860 bits per heavy atom. The minimum absolute atomic E-state index is 0.00591. The highest BCUT2D eigenvalue weighted by atomic mass is 79.9. The summed E-state index contributed by atoms with van der Waals surface area (Å²) in [6, 6.07) is 30.3. The van der Waals surface area contributed by atoms with Gasteiger partial charge in [0, 0.05) is 29.0 Å². The second kappa shape index (κ2) is 15.2. The molecule has 0 saturated heterocycles. The van der Waals surface area contributed by atoms with Crippen molar-refractivity contribution in [2.24, 2.45) is 0 Å². The fraction of sp³-hybridized carbons (Fsp3) is 0.212. The molecule has 0 heterocycles. The predicted molar refractivity (Wildman–Crippen MR) is 174 cm³/mol. The number of carbonyl (C=O) groups is 2. The molecule has 10 heteroatoms. The van der Waals surface area contributed by atoms with Crippen molar-refractivity contribution in [3.8, 4) is 0 Å². The van der Waals surface area contributed by atoms with E-state index in [2.05, 4.69) is 21.2 Å². The number of para-hydroxylation sites is 1. The largest absolute Gasteiger partial charge is 0.354 e. The quantitative estimate of drug-likeness (QED) is 0.175. The molecule has 0 radical (unpaired) electrons. The highest BCUT2D eigenvalue weighted by molar-refractivity contribution is 9.10. The van der Waals surface area contributed by atoms with Crippen LogP contribution in [0, 0.1) is 0 Å². The molecule has 7 nitrogen and oxygen atoms in total. The second-order valence-electron chi connectivity index (χ2n) is 9.95. The molecule has 0 aromatic heterocycles. The van der Waals surface area contributed by atoms with Crippen LogP contribution >= 0.6 is 27.5 Å². The lowest BCUT2D eigenvalue weighted by molar-refractivity contribution is -0.140. The van der Waals surface area contributed by atoms with E-state index in [4.69, 9.17) is 11.6 Å². The van der Waals surface area contributed by atoms with Crippen LogP contribution in [0.2, 0.25) is 5.02 Å². The molecule has 4 aromatic rings. The van der Waals surface area contributed by atoms with E-state index >= 15 is 0 Å². The third-order valence-corrected chi connectivity index (χ3v) is 9.32. The topological polar surface area (TPSA) is 86.8 Å². The Labute approximate surface area is 266 Å². The molecular weight excluding hydrogens is 650 g/mol. The summed E-state index contributed by atoms with van der Waals surface area (Å²) in [6.45, 7) is 1.98. The summed E-state index contributed by atoms with van der Waals surface area (Å²) in [5, 5.41) is 3.34. The monoisotopic (exact) mass is 681 g/mol. The summed E-state index contributed by atoms with van der Waals surface area (Å²) >= 11 is 9.52. The van der Waals surface area contributed by atoms with Crippen LogP contribution in [-0.4, -0.2) is 44.3 Å². The van der Waals surface area contributed by atoms with Crippen molar-refractivity contribution in [1.29, 1.82) is 0 Å². The molecule has 0 aliphatic heterocycles. The van der Waals surface area contributed by atoms with Crippen LogP contribution in [0.3, 0.4) is 0 Å². The normalized spacial score (nSPS) is 11.9. The lowest BCUT2D eigenvalue weighted by Crippen LogP contribution is -2.53. The van der Waals surface area contributed by atoms with E-state index < -0.39 is 28.5 Å². The Morgan fingerprint density at radius 2 is 1.49 bits per heavy atom. The van der Waals surface area contributed by atoms with Gasteiger partial charge in [-0.3, -0.25) is 13.9 Å². The number of hydrogen-bond acceptors (Lipinski definition) is 4. The molecule has 1 atom stereocenters. The van der Waals surface area contributed by atoms with Gasteiger partial charge in [-0.15, -0.1) is 0 Å². The Morgan fingerprint density at radius 3 is 2.12 bits per heavy atom. The third kappa shape index (κ3) is 8.69. The molecule has 0 aliphatic carbocycles. The molecule has 0 unspecified atom stereocenters. The molecule has 0 fully saturated rings. The molecule has 1 N–H and O–H groups in total. The first kappa shape index (κ1) is 32.3. The summed E-state index contributed by atoms with van der Waals surface area (Å²) in [5.74, 6) is -0.824.